The lowest BCUT2D eigenvalue weighted by molar-refractivity contribution is 0.377. The van der Waals surface area contributed by atoms with Gasteiger partial charge in [0.25, 0.3) is 0 Å². The number of halogens is 2. The van der Waals surface area contributed by atoms with Gasteiger partial charge in [-0.25, -0.2) is 0 Å². The molecule has 1 N–H and O–H groups in total. The Hall–Kier alpha value is -0.250. The highest BCUT2D eigenvalue weighted by atomic mass is 79.9. The molecule has 1 unspecified atom stereocenters. The second-order valence-electron chi connectivity index (χ2n) is 4.36. The maximum atomic E-state index is 5.97. The molecule has 96 valence electrons. The zero-order valence-corrected chi connectivity index (χ0v) is 12.9. The van der Waals surface area contributed by atoms with Crippen molar-refractivity contribution in [1.82, 2.24) is 5.32 Å². The standard InChI is InChI=1S/C13H19BrClNO/c1-4-13(2,9-15)16-8-10-7-11(17-3)5-6-12(10)14/h5-7,16H,4,8-9H2,1-3H3. The van der Waals surface area contributed by atoms with Gasteiger partial charge >= 0.3 is 0 Å². The minimum absolute atomic E-state index is 0.0237. The van der Waals surface area contributed by atoms with E-state index >= 15 is 0 Å². The molecular formula is C13H19BrClNO. The molecule has 0 spiro atoms. The fourth-order valence-electron chi connectivity index (χ4n) is 1.39. The van der Waals surface area contributed by atoms with Crippen LogP contribution in [0, 0.1) is 0 Å². The summed E-state index contributed by atoms with van der Waals surface area (Å²) in [6.07, 6.45) is 0.998. The van der Waals surface area contributed by atoms with Gasteiger partial charge in [0, 0.05) is 22.4 Å². The smallest absolute Gasteiger partial charge is 0.119 e. The van der Waals surface area contributed by atoms with Crippen LogP contribution in [0.3, 0.4) is 0 Å². The van der Waals surface area contributed by atoms with Crippen LogP contribution in [0.15, 0.2) is 22.7 Å². The highest BCUT2D eigenvalue weighted by Gasteiger charge is 2.19. The van der Waals surface area contributed by atoms with Crippen molar-refractivity contribution in [2.75, 3.05) is 13.0 Å². The molecule has 0 fully saturated rings. The van der Waals surface area contributed by atoms with Gasteiger partial charge in [0.15, 0.2) is 0 Å². The first-order valence-corrected chi connectivity index (χ1v) is 7.01. The van der Waals surface area contributed by atoms with E-state index in [4.69, 9.17) is 16.3 Å². The molecule has 0 saturated heterocycles. The summed E-state index contributed by atoms with van der Waals surface area (Å²) < 4.78 is 6.30. The van der Waals surface area contributed by atoms with Gasteiger partial charge in [-0.3, -0.25) is 0 Å². The molecule has 1 rings (SSSR count). The lowest BCUT2D eigenvalue weighted by Crippen LogP contribution is -2.43. The van der Waals surface area contributed by atoms with E-state index in [2.05, 4.69) is 35.1 Å². The van der Waals surface area contributed by atoms with Crippen LogP contribution in [-0.4, -0.2) is 18.5 Å². The number of hydrogen-bond acceptors (Lipinski definition) is 2. The van der Waals surface area contributed by atoms with Crippen molar-refractivity contribution >= 4 is 27.5 Å². The molecule has 2 nitrogen and oxygen atoms in total. The molecular weight excluding hydrogens is 302 g/mol. The Labute approximate surface area is 117 Å². The van der Waals surface area contributed by atoms with E-state index in [-0.39, 0.29) is 5.54 Å². The second kappa shape index (κ2) is 6.62. The quantitative estimate of drug-likeness (QED) is 0.801. The summed E-state index contributed by atoms with van der Waals surface area (Å²) in [5, 5.41) is 3.49. The molecule has 0 aromatic heterocycles. The third kappa shape index (κ3) is 4.16. The van der Waals surface area contributed by atoms with E-state index in [0.717, 1.165) is 23.2 Å². The SMILES string of the molecule is CCC(C)(CCl)NCc1cc(OC)ccc1Br. The van der Waals surface area contributed by atoms with Crippen molar-refractivity contribution in [2.45, 2.75) is 32.4 Å². The minimum atomic E-state index is -0.0237. The molecule has 17 heavy (non-hydrogen) atoms. The van der Waals surface area contributed by atoms with Crippen LogP contribution in [0.2, 0.25) is 0 Å². The minimum Gasteiger partial charge on any atom is -0.497 e. The van der Waals surface area contributed by atoms with Crippen LogP contribution in [-0.2, 0) is 6.54 Å². The highest BCUT2D eigenvalue weighted by molar-refractivity contribution is 9.10. The van der Waals surface area contributed by atoms with Gasteiger partial charge in [-0.2, -0.15) is 0 Å². The first-order chi connectivity index (χ1) is 8.04. The Morgan fingerprint density at radius 2 is 2.18 bits per heavy atom. The van der Waals surface area contributed by atoms with Crippen molar-refractivity contribution < 1.29 is 4.74 Å². The van der Waals surface area contributed by atoms with Crippen LogP contribution in [0.4, 0.5) is 0 Å². The predicted octanol–water partition coefficient (Wildman–Crippen LogP) is 3.95. The molecule has 0 aliphatic heterocycles. The lowest BCUT2D eigenvalue weighted by atomic mass is 10.0. The fourth-order valence-corrected chi connectivity index (χ4v) is 2.06. The summed E-state index contributed by atoms with van der Waals surface area (Å²) >= 11 is 9.52. The van der Waals surface area contributed by atoms with E-state index in [1.165, 1.54) is 5.56 Å². The van der Waals surface area contributed by atoms with Crippen molar-refractivity contribution in [3.8, 4) is 5.75 Å². The average molecular weight is 321 g/mol. The molecule has 1 aromatic rings. The number of methoxy groups -OCH3 is 1. The summed E-state index contributed by atoms with van der Waals surface area (Å²) in [7, 11) is 1.68. The third-order valence-corrected chi connectivity index (χ3v) is 4.40. The zero-order valence-electron chi connectivity index (χ0n) is 10.5. The molecule has 4 heteroatoms. The molecule has 1 aromatic carbocycles. The number of rotatable bonds is 6. The predicted molar refractivity (Wildman–Crippen MR) is 76.9 cm³/mol. The monoisotopic (exact) mass is 319 g/mol. The second-order valence-corrected chi connectivity index (χ2v) is 5.48. The van der Waals surface area contributed by atoms with E-state index in [1.54, 1.807) is 7.11 Å². The number of nitrogens with one attached hydrogen (secondary N) is 1. The summed E-state index contributed by atoms with van der Waals surface area (Å²) in [6.45, 7) is 5.04. The van der Waals surface area contributed by atoms with Crippen molar-refractivity contribution in [3.63, 3.8) is 0 Å². The summed E-state index contributed by atoms with van der Waals surface area (Å²) in [5.74, 6) is 1.47. The largest absolute Gasteiger partial charge is 0.497 e. The van der Waals surface area contributed by atoms with Gasteiger partial charge in [-0.1, -0.05) is 22.9 Å². The molecule has 1 atom stereocenters. The molecule has 0 bridgehead atoms. The van der Waals surface area contributed by atoms with Crippen LogP contribution < -0.4 is 10.1 Å². The van der Waals surface area contributed by atoms with Gasteiger partial charge in [0.1, 0.15) is 5.75 Å². The van der Waals surface area contributed by atoms with Crippen LogP contribution in [0.25, 0.3) is 0 Å². The van der Waals surface area contributed by atoms with Gasteiger partial charge in [0.05, 0.1) is 7.11 Å². The van der Waals surface area contributed by atoms with Crippen LogP contribution in [0.5, 0.6) is 5.75 Å². The molecule has 0 heterocycles. The molecule has 0 aliphatic carbocycles. The van der Waals surface area contributed by atoms with Crippen LogP contribution >= 0.6 is 27.5 Å². The summed E-state index contributed by atoms with van der Waals surface area (Å²) in [6, 6.07) is 5.97. The van der Waals surface area contributed by atoms with E-state index in [0.29, 0.717) is 5.88 Å². The Bertz CT molecular complexity index is 366. The average Bonchev–Trinajstić information content (AvgIpc) is 2.37. The first kappa shape index (κ1) is 14.8. The van der Waals surface area contributed by atoms with E-state index in [9.17, 15) is 0 Å². The molecule has 0 saturated carbocycles. The van der Waals surface area contributed by atoms with Crippen molar-refractivity contribution in [1.29, 1.82) is 0 Å². The van der Waals surface area contributed by atoms with Crippen molar-refractivity contribution in [3.05, 3.63) is 28.2 Å². The number of benzene rings is 1. The molecule has 0 aliphatic rings. The fraction of sp³-hybridized carbons (Fsp3) is 0.538. The summed E-state index contributed by atoms with van der Waals surface area (Å²) in [4.78, 5) is 0. The zero-order chi connectivity index (χ0) is 12.9. The van der Waals surface area contributed by atoms with Gasteiger partial charge < -0.3 is 10.1 Å². The normalized spacial score (nSPS) is 14.4. The van der Waals surface area contributed by atoms with Gasteiger partial charge in [0.2, 0.25) is 0 Å². The van der Waals surface area contributed by atoms with Crippen LogP contribution in [0.1, 0.15) is 25.8 Å². The maximum absolute atomic E-state index is 5.97. The van der Waals surface area contributed by atoms with E-state index in [1.807, 2.05) is 18.2 Å². The Morgan fingerprint density at radius 1 is 1.47 bits per heavy atom. The maximum Gasteiger partial charge on any atom is 0.119 e. The topological polar surface area (TPSA) is 21.3 Å². The third-order valence-electron chi connectivity index (χ3n) is 3.03. The van der Waals surface area contributed by atoms with Crippen molar-refractivity contribution in [2.24, 2.45) is 0 Å². The molecule has 0 radical (unpaired) electrons. The number of alkyl halides is 1. The Balaban J connectivity index is 2.74. The van der Waals surface area contributed by atoms with Gasteiger partial charge in [-0.15, -0.1) is 11.6 Å². The van der Waals surface area contributed by atoms with E-state index < -0.39 is 0 Å². The molecule has 0 amide bonds. The summed E-state index contributed by atoms with van der Waals surface area (Å²) in [5.41, 5.74) is 1.15. The lowest BCUT2D eigenvalue weighted by Gasteiger charge is -2.27. The first-order valence-electron chi connectivity index (χ1n) is 5.68. The Kier molecular flexibility index (Phi) is 5.77. The Morgan fingerprint density at radius 3 is 2.71 bits per heavy atom. The highest BCUT2D eigenvalue weighted by Crippen LogP contribution is 2.23. The number of hydrogen-bond donors (Lipinski definition) is 1. The van der Waals surface area contributed by atoms with Gasteiger partial charge in [-0.05, 0) is 37.1 Å². The number of ether oxygens (including phenoxy) is 1.